The molecule has 1 fully saturated rings. The van der Waals surface area contributed by atoms with Crippen LogP contribution in [-0.4, -0.2) is 65.5 Å². The second kappa shape index (κ2) is 7.16. The summed E-state index contributed by atoms with van der Waals surface area (Å²) in [7, 11) is 0. The van der Waals surface area contributed by atoms with Crippen LogP contribution in [-0.2, 0) is 4.79 Å². The van der Waals surface area contributed by atoms with E-state index < -0.39 is 6.10 Å². The van der Waals surface area contributed by atoms with Crippen LogP contribution >= 0.6 is 0 Å². The fourth-order valence-corrected chi connectivity index (χ4v) is 3.89. The van der Waals surface area contributed by atoms with Gasteiger partial charge in [0.2, 0.25) is 6.10 Å². The van der Waals surface area contributed by atoms with Gasteiger partial charge in [-0.2, -0.15) is 0 Å². The topological polar surface area (TPSA) is 74.9 Å². The van der Waals surface area contributed by atoms with Crippen molar-refractivity contribution in [3.63, 3.8) is 0 Å². The average Bonchev–Trinajstić information content (AvgIpc) is 3.22. The molecule has 0 spiro atoms. The number of ether oxygens (including phenoxy) is 2. The molecule has 2 aromatic carbocycles. The minimum absolute atomic E-state index is 0.0132. The van der Waals surface area contributed by atoms with Crippen LogP contribution in [0.15, 0.2) is 54.7 Å². The number of nitrogens with zero attached hydrogens (tertiary/aromatic N) is 2. The van der Waals surface area contributed by atoms with E-state index in [2.05, 4.69) is 4.98 Å². The molecule has 7 heteroatoms. The smallest absolute Gasteiger partial charge is 0.267 e. The van der Waals surface area contributed by atoms with Crippen LogP contribution in [0.25, 0.3) is 10.9 Å². The van der Waals surface area contributed by atoms with Crippen molar-refractivity contribution in [1.82, 2.24) is 14.8 Å². The van der Waals surface area contributed by atoms with Crippen LogP contribution in [0.1, 0.15) is 10.4 Å². The first-order chi connectivity index (χ1) is 14.2. The zero-order chi connectivity index (χ0) is 19.8. The quantitative estimate of drug-likeness (QED) is 0.727. The van der Waals surface area contributed by atoms with Gasteiger partial charge in [0.05, 0.1) is 5.56 Å². The molecule has 1 aromatic heterocycles. The molecule has 29 heavy (non-hydrogen) atoms. The molecule has 3 heterocycles. The first kappa shape index (κ1) is 17.6. The molecule has 7 nitrogen and oxygen atoms in total. The molecule has 0 aliphatic carbocycles. The third-order valence-corrected chi connectivity index (χ3v) is 5.48. The number of aromatic amines is 1. The number of carbonyl (C=O) groups is 2. The van der Waals surface area contributed by atoms with E-state index in [0.717, 1.165) is 10.9 Å². The number of rotatable bonds is 2. The highest BCUT2D eigenvalue weighted by Gasteiger charge is 2.33. The lowest BCUT2D eigenvalue weighted by molar-refractivity contribution is -0.142. The lowest BCUT2D eigenvalue weighted by atomic mass is 10.1. The third kappa shape index (κ3) is 3.18. The molecule has 0 bridgehead atoms. The van der Waals surface area contributed by atoms with Crippen LogP contribution < -0.4 is 9.47 Å². The van der Waals surface area contributed by atoms with Gasteiger partial charge in [0, 0.05) is 43.3 Å². The lowest BCUT2D eigenvalue weighted by Gasteiger charge is -2.37. The Kier molecular flexibility index (Phi) is 4.35. The highest BCUT2D eigenvalue weighted by molar-refractivity contribution is 6.06. The van der Waals surface area contributed by atoms with E-state index in [1.165, 1.54) is 0 Å². The zero-order valence-electron chi connectivity index (χ0n) is 15.8. The maximum atomic E-state index is 12.9. The fourth-order valence-electron chi connectivity index (χ4n) is 3.89. The molecule has 2 aliphatic heterocycles. The molecule has 0 saturated carbocycles. The van der Waals surface area contributed by atoms with E-state index in [1.807, 2.05) is 42.5 Å². The Morgan fingerprint density at radius 1 is 0.897 bits per heavy atom. The molecular weight excluding hydrogens is 370 g/mol. The standard InChI is InChI=1S/C22H21N3O4/c26-21(16-13-23-17-6-2-1-5-15(16)17)24-9-11-25(12-10-24)22(27)20-14-28-18-7-3-4-8-19(18)29-20/h1-8,13,20,23H,9-12,14H2/t20-/m0/s1. The van der Waals surface area contributed by atoms with E-state index in [9.17, 15) is 9.59 Å². The monoisotopic (exact) mass is 391 g/mol. The normalized spacial score (nSPS) is 18.7. The minimum Gasteiger partial charge on any atom is -0.485 e. The SMILES string of the molecule is O=C(c1c[nH]c2ccccc12)N1CCN(C(=O)[C@@H]2COc3ccccc3O2)CC1. The van der Waals surface area contributed by atoms with Crippen molar-refractivity contribution in [2.75, 3.05) is 32.8 Å². The van der Waals surface area contributed by atoms with E-state index in [-0.39, 0.29) is 18.4 Å². The van der Waals surface area contributed by atoms with Gasteiger partial charge in [0.1, 0.15) is 6.61 Å². The zero-order valence-corrected chi connectivity index (χ0v) is 15.8. The molecule has 2 aliphatic rings. The number of fused-ring (bicyclic) bond motifs is 2. The van der Waals surface area contributed by atoms with Gasteiger partial charge in [-0.05, 0) is 18.2 Å². The summed E-state index contributed by atoms with van der Waals surface area (Å²) in [5, 5.41) is 0.919. The molecule has 5 rings (SSSR count). The Bertz CT molecular complexity index is 1070. The van der Waals surface area contributed by atoms with E-state index in [1.54, 1.807) is 22.1 Å². The summed E-state index contributed by atoms with van der Waals surface area (Å²) in [4.78, 5) is 32.5. The molecule has 148 valence electrons. The summed E-state index contributed by atoms with van der Waals surface area (Å²) in [6.45, 7) is 2.15. The number of hydrogen-bond acceptors (Lipinski definition) is 4. The van der Waals surface area contributed by atoms with Gasteiger partial charge in [-0.1, -0.05) is 30.3 Å². The number of aromatic nitrogens is 1. The molecule has 1 atom stereocenters. The van der Waals surface area contributed by atoms with Gasteiger partial charge < -0.3 is 24.3 Å². The van der Waals surface area contributed by atoms with Crippen LogP contribution in [0, 0.1) is 0 Å². The van der Waals surface area contributed by atoms with Crippen molar-refractivity contribution >= 4 is 22.7 Å². The molecule has 0 unspecified atom stereocenters. The molecule has 1 N–H and O–H groups in total. The molecule has 1 saturated heterocycles. The Hall–Kier alpha value is -3.48. The number of nitrogens with one attached hydrogen (secondary N) is 1. The Morgan fingerprint density at radius 3 is 2.41 bits per heavy atom. The number of para-hydroxylation sites is 3. The number of H-pyrrole nitrogens is 1. The fraction of sp³-hybridized carbons (Fsp3) is 0.273. The second-order valence-corrected chi connectivity index (χ2v) is 7.23. The maximum Gasteiger partial charge on any atom is 0.267 e. The van der Waals surface area contributed by atoms with Crippen LogP contribution in [0.3, 0.4) is 0 Å². The number of benzene rings is 2. The van der Waals surface area contributed by atoms with Gasteiger partial charge in [-0.3, -0.25) is 9.59 Å². The van der Waals surface area contributed by atoms with Gasteiger partial charge in [-0.15, -0.1) is 0 Å². The predicted octanol–water partition coefficient (Wildman–Crippen LogP) is 2.29. The van der Waals surface area contributed by atoms with Gasteiger partial charge >= 0.3 is 0 Å². The van der Waals surface area contributed by atoms with Crippen molar-refractivity contribution in [3.8, 4) is 11.5 Å². The molecule has 2 amide bonds. The first-order valence-electron chi connectivity index (χ1n) is 9.73. The van der Waals surface area contributed by atoms with Crippen LogP contribution in [0.5, 0.6) is 11.5 Å². The number of amides is 2. The van der Waals surface area contributed by atoms with Crippen molar-refractivity contribution < 1.29 is 19.1 Å². The Labute approximate surface area is 167 Å². The number of carbonyl (C=O) groups excluding carboxylic acids is 2. The summed E-state index contributed by atoms with van der Waals surface area (Å²) in [5.41, 5.74) is 1.61. The summed E-state index contributed by atoms with van der Waals surface area (Å²) >= 11 is 0. The maximum absolute atomic E-state index is 12.9. The van der Waals surface area contributed by atoms with Gasteiger partial charge in [0.25, 0.3) is 11.8 Å². The highest BCUT2D eigenvalue weighted by atomic mass is 16.6. The third-order valence-electron chi connectivity index (χ3n) is 5.48. The van der Waals surface area contributed by atoms with Crippen molar-refractivity contribution in [3.05, 3.63) is 60.3 Å². The molecule has 0 radical (unpaired) electrons. The second-order valence-electron chi connectivity index (χ2n) is 7.23. The van der Waals surface area contributed by atoms with E-state index in [4.69, 9.17) is 9.47 Å². The summed E-state index contributed by atoms with van der Waals surface area (Å²) in [6, 6.07) is 15.1. The van der Waals surface area contributed by atoms with Gasteiger partial charge in [0.15, 0.2) is 11.5 Å². The summed E-state index contributed by atoms with van der Waals surface area (Å²) in [6.07, 6.45) is 1.11. The van der Waals surface area contributed by atoms with E-state index >= 15 is 0 Å². The highest BCUT2D eigenvalue weighted by Crippen LogP contribution is 2.31. The average molecular weight is 391 g/mol. The lowest BCUT2D eigenvalue weighted by Crippen LogP contribution is -2.55. The first-order valence-corrected chi connectivity index (χ1v) is 9.73. The van der Waals surface area contributed by atoms with Crippen LogP contribution in [0.4, 0.5) is 0 Å². The Morgan fingerprint density at radius 2 is 1.59 bits per heavy atom. The predicted molar refractivity (Wildman–Crippen MR) is 107 cm³/mol. The number of piperazine rings is 1. The number of hydrogen-bond donors (Lipinski definition) is 1. The molecule has 3 aromatic rings. The van der Waals surface area contributed by atoms with E-state index in [0.29, 0.717) is 43.2 Å². The Balaban J connectivity index is 1.22. The molecular formula is C22H21N3O4. The van der Waals surface area contributed by atoms with Crippen LogP contribution in [0.2, 0.25) is 0 Å². The van der Waals surface area contributed by atoms with Crippen molar-refractivity contribution in [1.29, 1.82) is 0 Å². The van der Waals surface area contributed by atoms with Crippen molar-refractivity contribution in [2.45, 2.75) is 6.10 Å². The largest absolute Gasteiger partial charge is 0.485 e. The van der Waals surface area contributed by atoms with Crippen molar-refractivity contribution in [2.24, 2.45) is 0 Å². The van der Waals surface area contributed by atoms with Gasteiger partial charge in [-0.25, -0.2) is 0 Å². The summed E-state index contributed by atoms with van der Waals surface area (Å²) in [5.74, 6) is 1.13. The minimum atomic E-state index is -0.652. The summed E-state index contributed by atoms with van der Waals surface area (Å²) < 4.78 is 11.5.